The summed E-state index contributed by atoms with van der Waals surface area (Å²) in [6.45, 7) is 1.86. The van der Waals surface area contributed by atoms with Crippen molar-refractivity contribution in [2.75, 3.05) is 19.8 Å². The summed E-state index contributed by atoms with van der Waals surface area (Å²) in [5.74, 6) is 0. The predicted molar refractivity (Wildman–Crippen MR) is 63.6 cm³/mol. The van der Waals surface area contributed by atoms with Crippen LogP contribution in [0, 0.1) is 11.3 Å². The predicted octanol–water partition coefficient (Wildman–Crippen LogP) is 1.07. The normalized spacial score (nSPS) is 14.0. The van der Waals surface area contributed by atoms with Gasteiger partial charge in [0, 0.05) is 6.61 Å². The van der Waals surface area contributed by atoms with Crippen LogP contribution < -0.4 is 0 Å². The van der Waals surface area contributed by atoms with Crippen LogP contribution in [0.1, 0.15) is 19.8 Å². The molecule has 0 aliphatic rings. The first-order chi connectivity index (χ1) is 7.08. The molecule has 2 N–H and O–H groups in total. The van der Waals surface area contributed by atoms with E-state index in [2.05, 4.69) is 6.07 Å². The van der Waals surface area contributed by atoms with Crippen LogP contribution in [0.3, 0.4) is 0 Å². The average Bonchev–Trinajstić information content (AvgIpc) is 2.23. The van der Waals surface area contributed by atoms with E-state index in [0.29, 0.717) is 12.8 Å². The Morgan fingerprint density at radius 2 is 2.20 bits per heavy atom. The van der Waals surface area contributed by atoms with Gasteiger partial charge in [-0.3, -0.25) is 0 Å². The second-order valence-corrected chi connectivity index (χ2v) is 5.20. The number of nitriles is 1. The van der Waals surface area contributed by atoms with E-state index < -0.39 is 4.75 Å². The van der Waals surface area contributed by atoms with Gasteiger partial charge in [-0.2, -0.15) is 5.26 Å². The molecule has 4 nitrogen and oxygen atoms in total. The summed E-state index contributed by atoms with van der Waals surface area (Å²) in [4.78, 5) is 0. The molecule has 0 aliphatic carbocycles. The lowest BCUT2D eigenvalue weighted by Crippen LogP contribution is -2.21. The van der Waals surface area contributed by atoms with Crippen LogP contribution in [0.4, 0.5) is 0 Å². The average molecular weight is 249 g/mol. The highest BCUT2D eigenvalue weighted by Gasteiger charge is 2.26. The highest BCUT2D eigenvalue weighted by Crippen LogP contribution is 2.30. The summed E-state index contributed by atoms with van der Waals surface area (Å²) in [7, 11) is 0. The SMILES string of the molecule is CC(C#N)(CCCO)SC(=S)OCCO. The van der Waals surface area contributed by atoms with E-state index in [4.69, 9.17) is 32.4 Å². The quantitative estimate of drug-likeness (QED) is 0.686. The van der Waals surface area contributed by atoms with Gasteiger partial charge in [0.25, 0.3) is 0 Å². The van der Waals surface area contributed by atoms with E-state index in [1.54, 1.807) is 6.92 Å². The second-order valence-electron chi connectivity index (χ2n) is 3.09. The van der Waals surface area contributed by atoms with Crippen LogP contribution in [-0.4, -0.2) is 39.2 Å². The van der Waals surface area contributed by atoms with Gasteiger partial charge < -0.3 is 14.9 Å². The van der Waals surface area contributed by atoms with Crippen molar-refractivity contribution in [3.05, 3.63) is 0 Å². The Morgan fingerprint density at radius 1 is 1.53 bits per heavy atom. The maximum Gasteiger partial charge on any atom is 0.221 e. The van der Waals surface area contributed by atoms with E-state index in [1.165, 1.54) is 0 Å². The Bertz CT molecular complexity index is 242. The Labute approximate surface area is 99.2 Å². The number of ether oxygens (including phenoxy) is 1. The number of aliphatic hydroxyl groups excluding tert-OH is 2. The lowest BCUT2D eigenvalue weighted by Gasteiger charge is -2.20. The fraction of sp³-hybridized carbons (Fsp3) is 0.778. The highest BCUT2D eigenvalue weighted by molar-refractivity contribution is 8.23. The van der Waals surface area contributed by atoms with Gasteiger partial charge in [0.2, 0.25) is 4.38 Å². The molecule has 0 spiro atoms. The Kier molecular flexibility index (Phi) is 7.70. The van der Waals surface area contributed by atoms with Gasteiger partial charge in [-0.05, 0) is 32.0 Å². The van der Waals surface area contributed by atoms with Crippen LogP contribution in [-0.2, 0) is 4.74 Å². The van der Waals surface area contributed by atoms with E-state index in [-0.39, 0.29) is 24.2 Å². The first-order valence-electron chi connectivity index (χ1n) is 4.56. The largest absolute Gasteiger partial charge is 0.476 e. The van der Waals surface area contributed by atoms with Crippen LogP contribution in [0.25, 0.3) is 0 Å². The minimum Gasteiger partial charge on any atom is -0.476 e. The molecule has 0 fully saturated rings. The van der Waals surface area contributed by atoms with Crippen molar-refractivity contribution in [2.45, 2.75) is 24.5 Å². The van der Waals surface area contributed by atoms with Gasteiger partial charge in [0.1, 0.15) is 11.4 Å². The van der Waals surface area contributed by atoms with E-state index >= 15 is 0 Å². The van der Waals surface area contributed by atoms with Crippen molar-refractivity contribution in [1.29, 1.82) is 5.26 Å². The molecule has 0 radical (unpaired) electrons. The molecule has 0 saturated carbocycles. The monoisotopic (exact) mass is 249 g/mol. The van der Waals surface area contributed by atoms with Gasteiger partial charge in [0.05, 0.1) is 12.7 Å². The van der Waals surface area contributed by atoms with Crippen molar-refractivity contribution < 1.29 is 14.9 Å². The summed E-state index contributed by atoms with van der Waals surface area (Å²) in [6, 6.07) is 2.14. The molecule has 0 aromatic rings. The number of thioether (sulfide) groups is 1. The first kappa shape index (κ1) is 14.6. The third-order valence-corrected chi connectivity index (χ3v) is 3.07. The molecule has 1 unspecified atom stereocenters. The van der Waals surface area contributed by atoms with Crippen molar-refractivity contribution in [3.63, 3.8) is 0 Å². The third kappa shape index (κ3) is 6.68. The minimum absolute atomic E-state index is 0.0576. The summed E-state index contributed by atoms with van der Waals surface area (Å²) in [5, 5.41) is 26.2. The molecule has 0 rings (SSSR count). The molecule has 0 amide bonds. The molecule has 1 atom stereocenters. The number of hydrogen-bond acceptors (Lipinski definition) is 6. The van der Waals surface area contributed by atoms with Crippen molar-refractivity contribution >= 4 is 28.4 Å². The number of hydrogen-bond donors (Lipinski definition) is 2. The molecule has 0 aromatic heterocycles. The van der Waals surface area contributed by atoms with Gasteiger partial charge in [-0.25, -0.2) is 0 Å². The second kappa shape index (κ2) is 7.88. The van der Waals surface area contributed by atoms with Crippen molar-refractivity contribution in [3.8, 4) is 6.07 Å². The Morgan fingerprint density at radius 3 is 2.67 bits per heavy atom. The van der Waals surface area contributed by atoms with E-state index in [9.17, 15) is 0 Å². The first-order valence-corrected chi connectivity index (χ1v) is 5.79. The molecule has 0 aliphatic heterocycles. The maximum atomic E-state index is 8.97. The standard InChI is InChI=1S/C9H15NO3S2/c1-9(7-10,3-2-4-11)15-8(14)13-6-5-12/h11-12H,2-6H2,1H3. The van der Waals surface area contributed by atoms with Gasteiger partial charge >= 0.3 is 0 Å². The Hall–Kier alpha value is -0.350. The maximum absolute atomic E-state index is 8.97. The summed E-state index contributed by atoms with van der Waals surface area (Å²) < 4.78 is 4.58. The molecule has 0 saturated heterocycles. The van der Waals surface area contributed by atoms with Gasteiger partial charge in [-0.1, -0.05) is 11.8 Å². The van der Waals surface area contributed by atoms with Gasteiger partial charge in [-0.15, -0.1) is 0 Å². The number of thiocarbonyl (C=S) groups is 1. The highest BCUT2D eigenvalue weighted by atomic mass is 32.2. The number of rotatable bonds is 6. The zero-order valence-electron chi connectivity index (χ0n) is 8.60. The van der Waals surface area contributed by atoms with Crippen LogP contribution in [0.2, 0.25) is 0 Å². The van der Waals surface area contributed by atoms with Gasteiger partial charge in [0.15, 0.2) is 0 Å². The van der Waals surface area contributed by atoms with E-state index in [0.717, 1.165) is 11.8 Å². The van der Waals surface area contributed by atoms with Crippen molar-refractivity contribution in [2.24, 2.45) is 0 Å². The fourth-order valence-corrected chi connectivity index (χ4v) is 2.33. The molecule has 86 valence electrons. The molecular formula is C9H15NO3S2. The summed E-state index contributed by atoms with van der Waals surface area (Å²) in [6.07, 6.45) is 1.10. The van der Waals surface area contributed by atoms with Crippen LogP contribution in [0.5, 0.6) is 0 Å². The lowest BCUT2D eigenvalue weighted by molar-refractivity contribution is 0.200. The summed E-state index contributed by atoms with van der Waals surface area (Å²) >= 11 is 6.05. The summed E-state index contributed by atoms with van der Waals surface area (Å²) in [5.41, 5.74) is 0. The molecule has 6 heteroatoms. The molecule has 0 heterocycles. The van der Waals surface area contributed by atoms with E-state index in [1.807, 2.05) is 0 Å². The Balaban J connectivity index is 4.07. The molecule has 0 aromatic carbocycles. The van der Waals surface area contributed by atoms with Crippen LogP contribution >= 0.6 is 24.0 Å². The van der Waals surface area contributed by atoms with Crippen molar-refractivity contribution in [1.82, 2.24) is 0 Å². The zero-order chi connectivity index (χ0) is 11.7. The molecular weight excluding hydrogens is 234 g/mol. The third-order valence-electron chi connectivity index (χ3n) is 1.67. The molecule has 0 bridgehead atoms. The molecule has 15 heavy (non-hydrogen) atoms. The fourth-order valence-electron chi connectivity index (χ4n) is 0.889. The smallest absolute Gasteiger partial charge is 0.221 e. The zero-order valence-corrected chi connectivity index (χ0v) is 10.2. The number of aliphatic hydroxyl groups is 2. The lowest BCUT2D eigenvalue weighted by atomic mass is 10.1. The van der Waals surface area contributed by atoms with Crippen LogP contribution in [0.15, 0.2) is 0 Å². The number of nitrogens with zero attached hydrogens (tertiary/aromatic N) is 1. The minimum atomic E-state index is -0.671. The topological polar surface area (TPSA) is 73.5 Å².